The lowest BCUT2D eigenvalue weighted by Crippen LogP contribution is -2.38. The van der Waals surface area contributed by atoms with Gasteiger partial charge in [-0.05, 0) is 49.9 Å². The Morgan fingerprint density at radius 3 is 2.60 bits per heavy atom. The third-order valence-electron chi connectivity index (χ3n) is 4.84. The molecule has 0 aliphatic carbocycles. The van der Waals surface area contributed by atoms with Crippen LogP contribution in [0.25, 0.3) is 0 Å². The van der Waals surface area contributed by atoms with E-state index in [0.717, 1.165) is 22.4 Å². The average Bonchev–Trinajstić information content (AvgIpc) is 2.99. The van der Waals surface area contributed by atoms with E-state index in [1.54, 1.807) is 4.90 Å². The van der Waals surface area contributed by atoms with Crippen molar-refractivity contribution in [3.8, 4) is 0 Å². The van der Waals surface area contributed by atoms with E-state index >= 15 is 0 Å². The fourth-order valence-electron chi connectivity index (χ4n) is 3.31. The number of aryl methyl sites for hydroxylation is 2. The average molecular weight is 336 g/mol. The maximum absolute atomic E-state index is 12.8. The zero-order chi connectivity index (χ0) is 18.0. The molecule has 1 aliphatic rings. The Morgan fingerprint density at radius 2 is 1.88 bits per heavy atom. The van der Waals surface area contributed by atoms with Crippen LogP contribution in [-0.4, -0.2) is 18.4 Å². The van der Waals surface area contributed by atoms with Gasteiger partial charge in [-0.1, -0.05) is 42.5 Å². The molecule has 0 radical (unpaired) electrons. The fourth-order valence-corrected chi connectivity index (χ4v) is 3.31. The second-order valence-electron chi connectivity index (χ2n) is 6.76. The van der Waals surface area contributed by atoms with Gasteiger partial charge in [0, 0.05) is 12.2 Å². The van der Waals surface area contributed by atoms with Gasteiger partial charge in [0.2, 0.25) is 11.8 Å². The number of nitrogens with zero attached hydrogens (tertiary/aromatic N) is 1. The van der Waals surface area contributed by atoms with Crippen molar-refractivity contribution in [2.75, 3.05) is 11.4 Å². The largest absolute Gasteiger partial charge is 0.349 e. The fraction of sp³-hybridized carbons (Fsp3) is 0.333. The number of benzene rings is 2. The third-order valence-corrected chi connectivity index (χ3v) is 4.84. The second-order valence-corrected chi connectivity index (χ2v) is 6.76. The first-order chi connectivity index (χ1) is 12.0. The molecule has 0 aromatic heterocycles. The molecule has 2 atom stereocenters. The van der Waals surface area contributed by atoms with Crippen LogP contribution in [0, 0.1) is 19.8 Å². The van der Waals surface area contributed by atoms with E-state index in [4.69, 9.17) is 0 Å². The Labute approximate surface area is 148 Å². The first-order valence-corrected chi connectivity index (χ1v) is 8.71. The maximum Gasteiger partial charge on any atom is 0.239 e. The highest BCUT2D eigenvalue weighted by molar-refractivity contribution is 6.10. The molecule has 0 saturated carbocycles. The number of amides is 2. The van der Waals surface area contributed by atoms with Crippen LogP contribution in [0.1, 0.15) is 36.1 Å². The summed E-state index contributed by atoms with van der Waals surface area (Å²) in [6.45, 7) is 6.53. The monoisotopic (exact) mass is 336 g/mol. The van der Waals surface area contributed by atoms with Gasteiger partial charge in [0.25, 0.3) is 0 Å². The highest BCUT2D eigenvalue weighted by atomic mass is 16.2. The van der Waals surface area contributed by atoms with E-state index in [1.165, 1.54) is 0 Å². The summed E-state index contributed by atoms with van der Waals surface area (Å²) in [5.41, 5.74) is 4.11. The molecule has 1 fully saturated rings. The van der Waals surface area contributed by atoms with Gasteiger partial charge in [0.05, 0.1) is 6.04 Å². The minimum absolute atomic E-state index is 0.105. The Morgan fingerprint density at radius 1 is 1.16 bits per heavy atom. The standard InChI is InChI=1S/C21H24N2O2/c1-14-9-10-15(2)19(13-14)23-12-11-18(21(23)25)20(24)22-16(3)17-7-5-4-6-8-17/h4-10,13,16,18H,11-12H2,1-3H3,(H,22,24). The van der Waals surface area contributed by atoms with Gasteiger partial charge in [-0.2, -0.15) is 0 Å². The molecule has 0 spiro atoms. The molecule has 3 rings (SSSR count). The smallest absolute Gasteiger partial charge is 0.239 e. The summed E-state index contributed by atoms with van der Waals surface area (Å²) >= 11 is 0. The summed E-state index contributed by atoms with van der Waals surface area (Å²) < 4.78 is 0. The number of anilines is 1. The second kappa shape index (κ2) is 7.09. The van der Waals surface area contributed by atoms with Crippen LogP contribution in [0.3, 0.4) is 0 Å². The lowest BCUT2D eigenvalue weighted by Gasteiger charge is -2.20. The molecule has 2 unspecified atom stereocenters. The van der Waals surface area contributed by atoms with Gasteiger partial charge in [-0.15, -0.1) is 0 Å². The summed E-state index contributed by atoms with van der Waals surface area (Å²) in [5, 5.41) is 2.98. The minimum atomic E-state index is -0.605. The lowest BCUT2D eigenvalue weighted by molar-refractivity contribution is -0.132. The molecule has 130 valence electrons. The summed E-state index contributed by atoms with van der Waals surface area (Å²) in [5.74, 6) is -0.897. The van der Waals surface area contributed by atoms with Crippen molar-refractivity contribution >= 4 is 17.5 Å². The molecular formula is C21H24N2O2. The van der Waals surface area contributed by atoms with Crippen LogP contribution >= 0.6 is 0 Å². The minimum Gasteiger partial charge on any atom is -0.349 e. The maximum atomic E-state index is 12.8. The predicted octanol–water partition coefficient (Wildman–Crippen LogP) is 3.53. The Kier molecular flexibility index (Phi) is 4.88. The van der Waals surface area contributed by atoms with E-state index < -0.39 is 5.92 Å². The number of rotatable bonds is 4. The Balaban J connectivity index is 1.71. The van der Waals surface area contributed by atoms with Crippen LogP contribution in [-0.2, 0) is 9.59 Å². The highest BCUT2D eigenvalue weighted by Gasteiger charge is 2.38. The van der Waals surface area contributed by atoms with Crippen molar-refractivity contribution in [1.29, 1.82) is 0 Å². The Hall–Kier alpha value is -2.62. The number of carbonyl (C=O) groups is 2. The van der Waals surface area contributed by atoms with Gasteiger partial charge in [-0.25, -0.2) is 0 Å². The van der Waals surface area contributed by atoms with Gasteiger partial charge in [0.15, 0.2) is 0 Å². The molecule has 0 bridgehead atoms. The quantitative estimate of drug-likeness (QED) is 0.868. The van der Waals surface area contributed by atoms with E-state index in [0.29, 0.717) is 13.0 Å². The summed E-state index contributed by atoms with van der Waals surface area (Å²) in [7, 11) is 0. The van der Waals surface area contributed by atoms with Crippen LogP contribution in [0.2, 0.25) is 0 Å². The first kappa shape index (κ1) is 17.2. The zero-order valence-corrected chi connectivity index (χ0v) is 15.0. The topological polar surface area (TPSA) is 49.4 Å². The zero-order valence-electron chi connectivity index (χ0n) is 15.0. The molecule has 1 saturated heterocycles. The molecule has 25 heavy (non-hydrogen) atoms. The van der Waals surface area contributed by atoms with E-state index in [9.17, 15) is 9.59 Å². The number of hydrogen-bond donors (Lipinski definition) is 1. The van der Waals surface area contributed by atoms with Crippen LogP contribution in [0.15, 0.2) is 48.5 Å². The molecule has 1 heterocycles. The lowest BCUT2D eigenvalue weighted by atomic mass is 10.0. The molecule has 1 N–H and O–H groups in total. The summed E-state index contributed by atoms with van der Waals surface area (Å²) in [6.07, 6.45) is 0.555. The van der Waals surface area contributed by atoms with Gasteiger partial charge >= 0.3 is 0 Å². The van der Waals surface area contributed by atoms with Crippen molar-refractivity contribution in [2.45, 2.75) is 33.2 Å². The third kappa shape index (κ3) is 3.58. The van der Waals surface area contributed by atoms with Crippen molar-refractivity contribution < 1.29 is 9.59 Å². The SMILES string of the molecule is Cc1ccc(C)c(N2CCC(C(=O)NC(C)c3ccccc3)C2=O)c1. The summed E-state index contributed by atoms with van der Waals surface area (Å²) in [4.78, 5) is 27.2. The van der Waals surface area contributed by atoms with E-state index in [1.807, 2.05) is 69.3 Å². The molecule has 2 aromatic carbocycles. The van der Waals surface area contributed by atoms with E-state index in [-0.39, 0.29) is 17.9 Å². The van der Waals surface area contributed by atoms with Crippen LogP contribution in [0.5, 0.6) is 0 Å². The highest BCUT2D eigenvalue weighted by Crippen LogP contribution is 2.29. The number of hydrogen-bond acceptors (Lipinski definition) is 2. The molecular weight excluding hydrogens is 312 g/mol. The normalized spacial score (nSPS) is 18.3. The van der Waals surface area contributed by atoms with Crippen molar-refractivity contribution in [3.05, 3.63) is 65.2 Å². The van der Waals surface area contributed by atoms with Gasteiger partial charge < -0.3 is 10.2 Å². The van der Waals surface area contributed by atoms with Gasteiger partial charge in [-0.3, -0.25) is 9.59 Å². The van der Waals surface area contributed by atoms with Crippen molar-refractivity contribution in [3.63, 3.8) is 0 Å². The predicted molar refractivity (Wildman–Crippen MR) is 99.4 cm³/mol. The molecule has 1 aliphatic heterocycles. The van der Waals surface area contributed by atoms with Crippen molar-refractivity contribution in [2.24, 2.45) is 5.92 Å². The number of carbonyl (C=O) groups excluding carboxylic acids is 2. The molecule has 2 amide bonds. The number of nitrogens with one attached hydrogen (secondary N) is 1. The summed E-state index contributed by atoms with van der Waals surface area (Å²) in [6, 6.07) is 15.7. The Bertz CT molecular complexity index is 786. The first-order valence-electron chi connectivity index (χ1n) is 8.71. The van der Waals surface area contributed by atoms with E-state index in [2.05, 4.69) is 5.32 Å². The molecule has 4 nitrogen and oxygen atoms in total. The van der Waals surface area contributed by atoms with Crippen LogP contribution < -0.4 is 10.2 Å². The van der Waals surface area contributed by atoms with Gasteiger partial charge in [0.1, 0.15) is 5.92 Å². The van der Waals surface area contributed by atoms with Crippen molar-refractivity contribution in [1.82, 2.24) is 5.32 Å². The van der Waals surface area contributed by atoms with Crippen LogP contribution in [0.4, 0.5) is 5.69 Å². The molecule has 2 aromatic rings. The molecule has 4 heteroatoms.